The van der Waals surface area contributed by atoms with Gasteiger partial charge in [0.1, 0.15) is 5.60 Å². The van der Waals surface area contributed by atoms with Crippen LogP contribution in [0.1, 0.15) is 28.8 Å². The Balaban J connectivity index is 1.78. The molecule has 1 heterocycles. The third-order valence-corrected chi connectivity index (χ3v) is 5.10. The maximum absolute atomic E-state index is 13.9. The number of aliphatic hydroxyl groups is 1. The number of carbonyl (C=O) groups excluding carboxylic acids is 1. The molecule has 0 aromatic heterocycles. The molecule has 2 aromatic rings. The Bertz CT molecular complexity index is 777. The predicted octanol–water partition coefficient (Wildman–Crippen LogP) is 2.88. The summed E-state index contributed by atoms with van der Waals surface area (Å²) in [5, 5.41) is 14.2. The van der Waals surface area contributed by atoms with Gasteiger partial charge in [-0.1, -0.05) is 30.3 Å². The molecular weight excluding hydrogens is 349 g/mol. The van der Waals surface area contributed by atoms with E-state index in [9.17, 15) is 14.3 Å². The summed E-state index contributed by atoms with van der Waals surface area (Å²) in [7, 11) is 1.37. The van der Waals surface area contributed by atoms with Crippen LogP contribution in [0.5, 0.6) is 5.75 Å². The van der Waals surface area contributed by atoms with E-state index in [2.05, 4.69) is 5.32 Å². The molecule has 0 spiro atoms. The van der Waals surface area contributed by atoms with Crippen LogP contribution >= 0.6 is 0 Å². The highest BCUT2D eigenvalue weighted by molar-refractivity contribution is 5.94. The van der Waals surface area contributed by atoms with Gasteiger partial charge in [-0.3, -0.25) is 4.79 Å². The number of halogens is 1. The minimum Gasteiger partial charge on any atom is -0.494 e. The molecule has 1 atom stereocenters. The molecule has 27 heavy (non-hydrogen) atoms. The van der Waals surface area contributed by atoms with Gasteiger partial charge >= 0.3 is 0 Å². The van der Waals surface area contributed by atoms with Crippen LogP contribution in [0.2, 0.25) is 0 Å². The summed E-state index contributed by atoms with van der Waals surface area (Å²) in [5.74, 6) is -1.01. The van der Waals surface area contributed by atoms with Gasteiger partial charge < -0.3 is 19.9 Å². The Morgan fingerprint density at radius 1 is 1.26 bits per heavy atom. The zero-order chi connectivity index (χ0) is 19.3. The molecule has 2 N–H and O–H groups in total. The van der Waals surface area contributed by atoms with Crippen molar-refractivity contribution in [3.8, 4) is 5.75 Å². The number of amides is 1. The lowest BCUT2D eigenvalue weighted by Crippen LogP contribution is -2.47. The van der Waals surface area contributed by atoms with Crippen LogP contribution < -0.4 is 10.1 Å². The van der Waals surface area contributed by atoms with Gasteiger partial charge in [-0.25, -0.2) is 4.39 Å². The maximum Gasteiger partial charge on any atom is 0.251 e. The molecule has 0 radical (unpaired) electrons. The van der Waals surface area contributed by atoms with Crippen LogP contribution in [-0.4, -0.2) is 37.9 Å². The number of hydrogen-bond donors (Lipinski definition) is 2. The van der Waals surface area contributed by atoms with E-state index in [1.807, 2.05) is 30.3 Å². The fraction of sp³-hybridized carbons (Fsp3) is 0.381. The van der Waals surface area contributed by atoms with Crippen molar-refractivity contribution in [2.75, 3.05) is 26.9 Å². The maximum atomic E-state index is 13.9. The van der Waals surface area contributed by atoms with E-state index >= 15 is 0 Å². The van der Waals surface area contributed by atoms with Gasteiger partial charge in [0.05, 0.1) is 13.7 Å². The number of hydrogen-bond acceptors (Lipinski definition) is 4. The molecule has 0 bridgehead atoms. The monoisotopic (exact) mass is 373 g/mol. The molecule has 3 rings (SSSR count). The van der Waals surface area contributed by atoms with Crippen molar-refractivity contribution in [1.82, 2.24) is 5.32 Å². The smallest absolute Gasteiger partial charge is 0.251 e. The van der Waals surface area contributed by atoms with E-state index in [-0.39, 0.29) is 23.8 Å². The van der Waals surface area contributed by atoms with Gasteiger partial charge in [-0.05, 0) is 42.5 Å². The van der Waals surface area contributed by atoms with E-state index in [4.69, 9.17) is 9.47 Å². The number of methoxy groups -OCH3 is 1. The molecule has 1 amide bonds. The van der Waals surface area contributed by atoms with Crippen LogP contribution in [-0.2, 0) is 10.3 Å². The van der Waals surface area contributed by atoms with Crippen molar-refractivity contribution < 1.29 is 23.8 Å². The van der Waals surface area contributed by atoms with Gasteiger partial charge in [-0.2, -0.15) is 0 Å². The van der Waals surface area contributed by atoms with Gasteiger partial charge in [0, 0.05) is 18.8 Å². The summed E-state index contributed by atoms with van der Waals surface area (Å²) in [6.07, 6.45) is 1.41. The third-order valence-electron chi connectivity index (χ3n) is 5.10. The number of ether oxygens (including phenoxy) is 2. The molecule has 2 aromatic carbocycles. The highest BCUT2D eigenvalue weighted by Gasteiger charge is 2.39. The molecule has 5 nitrogen and oxygen atoms in total. The van der Waals surface area contributed by atoms with Gasteiger partial charge in [-0.15, -0.1) is 0 Å². The van der Waals surface area contributed by atoms with Gasteiger partial charge in [0.2, 0.25) is 0 Å². The third kappa shape index (κ3) is 4.28. The summed E-state index contributed by atoms with van der Waals surface area (Å²) in [4.78, 5) is 12.5. The zero-order valence-corrected chi connectivity index (χ0v) is 15.3. The average Bonchev–Trinajstić information content (AvgIpc) is 2.73. The summed E-state index contributed by atoms with van der Waals surface area (Å²) in [6.45, 7) is 1.20. The van der Waals surface area contributed by atoms with Crippen molar-refractivity contribution in [3.63, 3.8) is 0 Å². The quantitative estimate of drug-likeness (QED) is 0.817. The molecule has 0 saturated carbocycles. The average molecular weight is 373 g/mol. The molecule has 144 valence electrons. The first-order valence-corrected chi connectivity index (χ1v) is 9.02. The zero-order valence-electron chi connectivity index (χ0n) is 15.3. The lowest BCUT2D eigenvalue weighted by atomic mass is 9.77. The molecule has 0 aliphatic carbocycles. The molecule has 1 saturated heterocycles. The first-order chi connectivity index (χ1) is 13.0. The summed E-state index contributed by atoms with van der Waals surface area (Å²) in [6, 6.07) is 13.3. The number of nitrogens with one attached hydrogen (secondary N) is 1. The fourth-order valence-electron chi connectivity index (χ4n) is 3.51. The Morgan fingerprint density at radius 2 is 1.96 bits per heavy atom. The SMILES string of the molecule is COc1ccc(C(=O)NCC(O)(c2ccccc2)C2CCOCC2)cc1F. The highest BCUT2D eigenvalue weighted by atomic mass is 19.1. The minimum absolute atomic E-state index is 0.0359. The fourth-order valence-corrected chi connectivity index (χ4v) is 3.51. The molecule has 1 aliphatic rings. The Hall–Kier alpha value is -2.44. The minimum atomic E-state index is -1.22. The van der Waals surface area contributed by atoms with Gasteiger partial charge in [0.25, 0.3) is 5.91 Å². The Kier molecular flexibility index (Phi) is 6.08. The second kappa shape index (κ2) is 8.50. The first kappa shape index (κ1) is 19.3. The normalized spacial score (nSPS) is 17.1. The van der Waals surface area contributed by atoms with Crippen molar-refractivity contribution in [2.45, 2.75) is 18.4 Å². The molecule has 1 aliphatic heterocycles. The Morgan fingerprint density at radius 3 is 2.59 bits per heavy atom. The van der Waals surface area contributed by atoms with Crippen LogP contribution in [0.25, 0.3) is 0 Å². The largest absolute Gasteiger partial charge is 0.494 e. The van der Waals surface area contributed by atoms with E-state index in [1.54, 1.807) is 0 Å². The lowest BCUT2D eigenvalue weighted by molar-refractivity contribution is -0.0680. The molecular formula is C21H24FNO4. The second-order valence-corrected chi connectivity index (χ2v) is 6.71. The summed E-state index contributed by atoms with van der Waals surface area (Å²) in [5.41, 5.74) is -0.292. The van der Waals surface area contributed by atoms with E-state index < -0.39 is 17.3 Å². The van der Waals surface area contributed by atoms with Crippen molar-refractivity contribution in [1.29, 1.82) is 0 Å². The van der Waals surface area contributed by atoms with Gasteiger partial charge in [0.15, 0.2) is 11.6 Å². The first-order valence-electron chi connectivity index (χ1n) is 9.02. The van der Waals surface area contributed by atoms with E-state index in [0.29, 0.717) is 26.1 Å². The van der Waals surface area contributed by atoms with Crippen LogP contribution in [0.4, 0.5) is 4.39 Å². The second-order valence-electron chi connectivity index (χ2n) is 6.71. The standard InChI is InChI=1S/C21H24FNO4/c1-26-19-8-7-15(13-18(19)22)20(24)23-14-21(25,16-5-3-2-4-6-16)17-9-11-27-12-10-17/h2-8,13,17,25H,9-12,14H2,1H3,(H,23,24). The molecule has 6 heteroatoms. The number of rotatable bonds is 6. The molecule has 1 fully saturated rings. The van der Waals surface area contributed by atoms with Crippen molar-refractivity contribution in [2.24, 2.45) is 5.92 Å². The highest BCUT2D eigenvalue weighted by Crippen LogP contribution is 2.35. The van der Waals surface area contributed by atoms with Crippen LogP contribution in [0, 0.1) is 11.7 Å². The predicted molar refractivity (Wildman–Crippen MR) is 99.2 cm³/mol. The van der Waals surface area contributed by atoms with E-state index in [1.165, 1.54) is 19.2 Å². The summed E-state index contributed by atoms with van der Waals surface area (Å²) < 4.78 is 24.2. The molecule has 1 unspecified atom stereocenters. The van der Waals surface area contributed by atoms with Crippen molar-refractivity contribution >= 4 is 5.91 Å². The van der Waals surface area contributed by atoms with Crippen LogP contribution in [0.3, 0.4) is 0 Å². The number of benzene rings is 2. The van der Waals surface area contributed by atoms with Crippen LogP contribution in [0.15, 0.2) is 48.5 Å². The lowest BCUT2D eigenvalue weighted by Gasteiger charge is -2.39. The number of carbonyl (C=O) groups is 1. The topological polar surface area (TPSA) is 67.8 Å². The summed E-state index contributed by atoms with van der Waals surface area (Å²) >= 11 is 0. The van der Waals surface area contributed by atoms with E-state index in [0.717, 1.165) is 11.6 Å². The van der Waals surface area contributed by atoms with Crippen molar-refractivity contribution in [3.05, 3.63) is 65.5 Å². The Labute approximate surface area is 158 Å².